The summed E-state index contributed by atoms with van der Waals surface area (Å²) in [6.45, 7) is 5.04. The molecule has 3 aromatic rings. The van der Waals surface area contributed by atoms with Crippen molar-refractivity contribution in [2.24, 2.45) is 0 Å². The molecule has 7 nitrogen and oxygen atoms in total. The van der Waals surface area contributed by atoms with E-state index in [0.717, 1.165) is 38.5 Å². The first kappa shape index (κ1) is 18.2. The number of carbonyl (C=O) groups is 1. The number of aromatic nitrogens is 2. The summed E-state index contributed by atoms with van der Waals surface area (Å²) in [7, 11) is 0. The van der Waals surface area contributed by atoms with Gasteiger partial charge in [0, 0.05) is 32.7 Å². The molecule has 1 N–H and O–H groups in total. The minimum atomic E-state index is -0.261. The topological polar surface area (TPSA) is 74.5 Å². The van der Waals surface area contributed by atoms with Crippen molar-refractivity contribution in [3.8, 4) is 0 Å². The predicted octanol–water partition coefficient (Wildman–Crippen LogP) is 2.32. The van der Waals surface area contributed by atoms with Gasteiger partial charge in [-0.1, -0.05) is 30.3 Å². The van der Waals surface area contributed by atoms with Crippen molar-refractivity contribution >= 4 is 11.7 Å². The SMILES string of the molecule is O=C(NCc1ccco1)c1ccc(N2CCN(Cc3ccccc3)CC2)nn1. The highest BCUT2D eigenvalue weighted by Gasteiger charge is 2.19. The molecule has 0 unspecified atom stereocenters. The fourth-order valence-corrected chi connectivity index (χ4v) is 3.26. The molecule has 1 aliphatic rings. The molecule has 1 saturated heterocycles. The van der Waals surface area contributed by atoms with Crippen LogP contribution in [0.15, 0.2) is 65.3 Å². The highest BCUT2D eigenvalue weighted by molar-refractivity contribution is 5.92. The Morgan fingerprint density at radius 3 is 2.46 bits per heavy atom. The van der Waals surface area contributed by atoms with Crippen LogP contribution in [0.25, 0.3) is 0 Å². The van der Waals surface area contributed by atoms with Gasteiger partial charge in [0.25, 0.3) is 5.91 Å². The van der Waals surface area contributed by atoms with Crippen LogP contribution in [0.5, 0.6) is 0 Å². The molecule has 1 aromatic carbocycles. The normalized spacial score (nSPS) is 14.8. The van der Waals surface area contributed by atoms with Gasteiger partial charge in [-0.25, -0.2) is 0 Å². The third-order valence-electron chi connectivity index (χ3n) is 4.83. The molecule has 2 aromatic heterocycles. The van der Waals surface area contributed by atoms with Crippen molar-refractivity contribution < 1.29 is 9.21 Å². The summed E-state index contributed by atoms with van der Waals surface area (Å²) >= 11 is 0. The number of hydrogen-bond acceptors (Lipinski definition) is 6. The molecule has 0 radical (unpaired) electrons. The van der Waals surface area contributed by atoms with E-state index in [1.54, 1.807) is 18.4 Å². The van der Waals surface area contributed by atoms with Crippen LogP contribution >= 0.6 is 0 Å². The number of nitrogens with zero attached hydrogens (tertiary/aromatic N) is 4. The van der Waals surface area contributed by atoms with E-state index in [0.29, 0.717) is 18.0 Å². The summed E-state index contributed by atoms with van der Waals surface area (Å²) in [6, 6.07) is 17.7. The Kier molecular flexibility index (Phi) is 5.63. The number of benzene rings is 1. The first-order valence-electron chi connectivity index (χ1n) is 9.43. The molecule has 1 aliphatic heterocycles. The quantitative estimate of drug-likeness (QED) is 0.711. The Bertz CT molecular complexity index is 873. The number of nitrogens with one attached hydrogen (secondary N) is 1. The van der Waals surface area contributed by atoms with Crippen LogP contribution in [0.4, 0.5) is 5.82 Å². The van der Waals surface area contributed by atoms with E-state index in [4.69, 9.17) is 4.42 Å². The van der Waals surface area contributed by atoms with Crippen molar-refractivity contribution in [2.45, 2.75) is 13.1 Å². The van der Waals surface area contributed by atoms with Gasteiger partial charge in [-0.3, -0.25) is 9.69 Å². The van der Waals surface area contributed by atoms with Crippen LogP contribution in [0.1, 0.15) is 21.8 Å². The largest absolute Gasteiger partial charge is 0.467 e. The van der Waals surface area contributed by atoms with Gasteiger partial charge in [0.05, 0.1) is 12.8 Å². The van der Waals surface area contributed by atoms with E-state index >= 15 is 0 Å². The van der Waals surface area contributed by atoms with E-state index in [2.05, 4.69) is 49.6 Å². The second-order valence-electron chi connectivity index (χ2n) is 6.79. The Labute approximate surface area is 164 Å². The Balaban J connectivity index is 1.28. The Hall–Kier alpha value is -3.19. The summed E-state index contributed by atoms with van der Waals surface area (Å²) in [5, 5.41) is 11.1. The van der Waals surface area contributed by atoms with Crippen molar-refractivity contribution in [1.29, 1.82) is 0 Å². The zero-order chi connectivity index (χ0) is 19.2. The standard InChI is InChI=1S/C21H23N5O2/c27-21(22-15-18-7-4-14-28-18)19-8-9-20(24-23-19)26-12-10-25(11-13-26)16-17-5-2-1-3-6-17/h1-9,14H,10-13,15-16H2,(H,22,27). The number of anilines is 1. The predicted molar refractivity (Wildman–Crippen MR) is 106 cm³/mol. The lowest BCUT2D eigenvalue weighted by Gasteiger charge is -2.35. The number of amides is 1. The lowest BCUT2D eigenvalue weighted by Crippen LogP contribution is -2.46. The maximum atomic E-state index is 12.2. The molecule has 0 atom stereocenters. The highest BCUT2D eigenvalue weighted by Crippen LogP contribution is 2.14. The second kappa shape index (κ2) is 8.67. The number of carbonyl (C=O) groups excluding carboxylic acids is 1. The minimum absolute atomic E-state index is 0.261. The lowest BCUT2D eigenvalue weighted by molar-refractivity contribution is 0.0942. The molecular weight excluding hydrogens is 354 g/mol. The van der Waals surface area contributed by atoms with E-state index in [1.807, 2.05) is 18.2 Å². The summed E-state index contributed by atoms with van der Waals surface area (Å²) in [4.78, 5) is 16.8. The minimum Gasteiger partial charge on any atom is -0.467 e. The molecule has 0 saturated carbocycles. The Morgan fingerprint density at radius 2 is 1.79 bits per heavy atom. The maximum Gasteiger partial charge on any atom is 0.272 e. The third-order valence-corrected chi connectivity index (χ3v) is 4.83. The molecule has 4 rings (SSSR count). The van der Waals surface area contributed by atoms with E-state index in [-0.39, 0.29) is 5.91 Å². The molecule has 1 amide bonds. The summed E-state index contributed by atoms with van der Waals surface area (Å²) in [5.74, 6) is 1.25. The highest BCUT2D eigenvalue weighted by atomic mass is 16.3. The number of furan rings is 1. The van der Waals surface area contributed by atoms with Crippen LogP contribution in [0, 0.1) is 0 Å². The Morgan fingerprint density at radius 1 is 0.964 bits per heavy atom. The van der Waals surface area contributed by atoms with Gasteiger partial charge in [0.2, 0.25) is 0 Å². The van der Waals surface area contributed by atoms with Crippen molar-refractivity contribution in [3.05, 3.63) is 77.9 Å². The maximum absolute atomic E-state index is 12.2. The first-order chi connectivity index (χ1) is 13.8. The zero-order valence-electron chi connectivity index (χ0n) is 15.6. The van der Waals surface area contributed by atoms with Gasteiger partial charge in [0.15, 0.2) is 11.5 Å². The summed E-state index contributed by atoms with van der Waals surface area (Å²) < 4.78 is 5.20. The molecule has 144 valence electrons. The van der Waals surface area contributed by atoms with Gasteiger partial charge in [-0.2, -0.15) is 0 Å². The molecule has 28 heavy (non-hydrogen) atoms. The molecule has 3 heterocycles. The van der Waals surface area contributed by atoms with Crippen molar-refractivity contribution in [2.75, 3.05) is 31.1 Å². The van der Waals surface area contributed by atoms with Crippen LogP contribution in [0.2, 0.25) is 0 Å². The van der Waals surface area contributed by atoms with Crippen LogP contribution in [-0.4, -0.2) is 47.2 Å². The van der Waals surface area contributed by atoms with E-state index < -0.39 is 0 Å². The second-order valence-corrected chi connectivity index (χ2v) is 6.79. The van der Waals surface area contributed by atoms with E-state index in [1.165, 1.54) is 5.56 Å². The number of rotatable bonds is 6. The first-order valence-corrected chi connectivity index (χ1v) is 9.43. The fraction of sp³-hybridized carbons (Fsp3) is 0.286. The number of hydrogen-bond donors (Lipinski definition) is 1. The summed E-state index contributed by atoms with van der Waals surface area (Å²) in [5.41, 5.74) is 1.64. The molecule has 0 aliphatic carbocycles. The van der Waals surface area contributed by atoms with E-state index in [9.17, 15) is 4.79 Å². The van der Waals surface area contributed by atoms with Crippen LogP contribution < -0.4 is 10.2 Å². The van der Waals surface area contributed by atoms with Crippen molar-refractivity contribution in [3.63, 3.8) is 0 Å². The zero-order valence-corrected chi connectivity index (χ0v) is 15.6. The van der Waals surface area contributed by atoms with Gasteiger partial charge in [0.1, 0.15) is 5.76 Å². The average molecular weight is 377 g/mol. The molecular formula is C21H23N5O2. The van der Waals surface area contributed by atoms with Crippen LogP contribution in [0.3, 0.4) is 0 Å². The summed E-state index contributed by atoms with van der Waals surface area (Å²) in [6.07, 6.45) is 1.58. The van der Waals surface area contributed by atoms with Gasteiger partial charge in [-0.15, -0.1) is 10.2 Å². The van der Waals surface area contributed by atoms with Crippen molar-refractivity contribution in [1.82, 2.24) is 20.4 Å². The third kappa shape index (κ3) is 4.55. The van der Waals surface area contributed by atoms with Gasteiger partial charge >= 0.3 is 0 Å². The van der Waals surface area contributed by atoms with Gasteiger partial charge < -0.3 is 14.6 Å². The number of piperazine rings is 1. The lowest BCUT2D eigenvalue weighted by atomic mass is 10.2. The molecule has 1 fully saturated rings. The average Bonchev–Trinajstić information content (AvgIpc) is 3.27. The van der Waals surface area contributed by atoms with Gasteiger partial charge in [-0.05, 0) is 29.8 Å². The molecule has 0 spiro atoms. The monoisotopic (exact) mass is 377 g/mol. The fourth-order valence-electron chi connectivity index (χ4n) is 3.26. The molecule has 7 heteroatoms. The smallest absolute Gasteiger partial charge is 0.272 e. The molecule has 0 bridgehead atoms. The van der Waals surface area contributed by atoms with Crippen LogP contribution in [-0.2, 0) is 13.1 Å².